The lowest BCUT2D eigenvalue weighted by Gasteiger charge is -2.15. The number of carbonyl (C=O) groups is 2. The summed E-state index contributed by atoms with van der Waals surface area (Å²) in [6, 6.07) is 16.3. The zero-order valence-electron chi connectivity index (χ0n) is 17.1. The van der Waals surface area contributed by atoms with Gasteiger partial charge in [0.25, 0.3) is 0 Å². The van der Waals surface area contributed by atoms with Gasteiger partial charge in [0.15, 0.2) is 5.17 Å². The maximum absolute atomic E-state index is 12.8. The average Bonchev–Trinajstić information content (AvgIpc) is 3.02. The normalized spacial score (nSPS) is 16.9. The van der Waals surface area contributed by atoms with Crippen molar-refractivity contribution in [2.75, 3.05) is 11.5 Å². The lowest BCUT2D eigenvalue weighted by Crippen LogP contribution is -2.31. The molecule has 7 heteroatoms. The van der Waals surface area contributed by atoms with Crippen LogP contribution in [0, 0.1) is 0 Å². The number of nitrogens with two attached hydrogens (primary N) is 1. The van der Waals surface area contributed by atoms with Gasteiger partial charge in [-0.15, -0.1) is 0 Å². The minimum Gasteiger partial charge on any atom is -0.494 e. The van der Waals surface area contributed by atoms with E-state index in [0.29, 0.717) is 18.0 Å². The van der Waals surface area contributed by atoms with E-state index in [1.54, 1.807) is 24.3 Å². The van der Waals surface area contributed by atoms with Crippen molar-refractivity contribution in [2.24, 2.45) is 10.7 Å². The van der Waals surface area contributed by atoms with Gasteiger partial charge in [0.1, 0.15) is 11.0 Å². The average molecular weight is 426 g/mol. The maximum atomic E-state index is 12.8. The fourth-order valence-electron chi connectivity index (χ4n) is 3.18. The lowest BCUT2D eigenvalue weighted by molar-refractivity contribution is -0.121. The predicted molar refractivity (Wildman–Crippen MR) is 122 cm³/mol. The number of amides is 2. The van der Waals surface area contributed by atoms with Crippen LogP contribution in [-0.4, -0.2) is 28.8 Å². The smallest absolute Gasteiger partial charge is 0.247 e. The molecule has 30 heavy (non-hydrogen) atoms. The highest BCUT2D eigenvalue weighted by Crippen LogP contribution is 2.31. The first kappa shape index (κ1) is 21.9. The molecule has 158 valence electrons. The Hall–Kier alpha value is -2.80. The standard InChI is InChI=1S/C23H27N3O3S/c1-2-3-4-8-15-29-19-13-11-18(12-14-19)26-21(27)16-20(22(26)28)30-23(24)25-17-9-6-5-7-10-17/h5-7,9-14,20H,2-4,8,15-16H2,1H3,(H2,24,25)/t20-/m0/s1. The van der Waals surface area contributed by atoms with E-state index in [-0.39, 0.29) is 23.4 Å². The Kier molecular flexibility index (Phi) is 7.90. The van der Waals surface area contributed by atoms with E-state index in [2.05, 4.69) is 11.9 Å². The van der Waals surface area contributed by atoms with Crippen LogP contribution in [0.4, 0.5) is 11.4 Å². The van der Waals surface area contributed by atoms with E-state index in [1.165, 1.54) is 17.7 Å². The van der Waals surface area contributed by atoms with Crippen LogP contribution >= 0.6 is 11.8 Å². The Balaban J connectivity index is 1.58. The second kappa shape index (κ2) is 10.8. The van der Waals surface area contributed by atoms with Crippen molar-refractivity contribution in [3.8, 4) is 5.75 Å². The minimum absolute atomic E-state index is 0.101. The van der Waals surface area contributed by atoms with Gasteiger partial charge in [0.2, 0.25) is 11.8 Å². The molecule has 0 unspecified atom stereocenters. The molecule has 0 bridgehead atoms. The van der Waals surface area contributed by atoms with E-state index in [1.807, 2.05) is 30.3 Å². The third kappa shape index (κ3) is 5.86. The zero-order chi connectivity index (χ0) is 21.3. The van der Waals surface area contributed by atoms with Crippen LogP contribution < -0.4 is 15.4 Å². The third-order valence-electron chi connectivity index (χ3n) is 4.73. The molecule has 0 radical (unpaired) electrons. The Bertz CT molecular complexity index is 884. The van der Waals surface area contributed by atoms with Gasteiger partial charge in [-0.1, -0.05) is 56.1 Å². The first-order chi connectivity index (χ1) is 14.6. The number of ether oxygens (including phenoxy) is 1. The predicted octanol–water partition coefficient (Wildman–Crippen LogP) is 4.66. The SMILES string of the molecule is CCCCCCOc1ccc(N2C(=O)C[C@H](SC(N)=Nc3ccccc3)C2=O)cc1. The van der Waals surface area contributed by atoms with Crippen molar-refractivity contribution in [1.29, 1.82) is 0 Å². The molecular formula is C23H27N3O3S. The van der Waals surface area contributed by atoms with E-state index >= 15 is 0 Å². The van der Waals surface area contributed by atoms with Gasteiger partial charge in [-0.2, -0.15) is 0 Å². The van der Waals surface area contributed by atoms with Crippen LogP contribution in [0.1, 0.15) is 39.0 Å². The van der Waals surface area contributed by atoms with Gasteiger partial charge in [-0.05, 0) is 42.8 Å². The van der Waals surface area contributed by atoms with Crippen molar-refractivity contribution in [2.45, 2.75) is 44.3 Å². The number of para-hydroxylation sites is 1. The molecule has 2 amide bonds. The Morgan fingerprint density at radius 3 is 2.53 bits per heavy atom. The number of carbonyl (C=O) groups excluding carboxylic acids is 2. The van der Waals surface area contributed by atoms with Crippen molar-refractivity contribution in [3.63, 3.8) is 0 Å². The number of hydrogen-bond donors (Lipinski definition) is 1. The number of rotatable bonds is 9. The molecule has 1 saturated heterocycles. The highest BCUT2D eigenvalue weighted by atomic mass is 32.2. The zero-order valence-corrected chi connectivity index (χ0v) is 17.9. The summed E-state index contributed by atoms with van der Waals surface area (Å²) in [6.07, 6.45) is 4.67. The molecule has 1 fully saturated rings. The number of hydrogen-bond acceptors (Lipinski definition) is 5. The van der Waals surface area contributed by atoms with Gasteiger partial charge in [-0.3, -0.25) is 9.59 Å². The van der Waals surface area contributed by atoms with Gasteiger partial charge >= 0.3 is 0 Å². The van der Waals surface area contributed by atoms with E-state index < -0.39 is 5.25 Å². The topological polar surface area (TPSA) is 85.0 Å². The van der Waals surface area contributed by atoms with Crippen LogP contribution in [0.5, 0.6) is 5.75 Å². The largest absolute Gasteiger partial charge is 0.494 e. The molecule has 1 heterocycles. The number of amidine groups is 1. The number of thioether (sulfide) groups is 1. The summed E-state index contributed by atoms with van der Waals surface area (Å²) in [5, 5.41) is -0.305. The Morgan fingerprint density at radius 1 is 1.10 bits per heavy atom. The monoisotopic (exact) mass is 425 g/mol. The number of imide groups is 1. The quantitative estimate of drug-likeness (QED) is 0.273. The van der Waals surface area contributed by atoms with Crippen LogP contribution in [0.2, 0.25) is 0 Å². The fraction of sp³-hybridized carbons (Fsp3) is 0.348. The van der Waals surface area contributed by atoms with Gasteiger partial charge < -0.3 is 10.5 Å². The van der Waals surface area contributed by atoms with E-state index in [0.717, 1.165) is 30.4 Å². The first-order valence-corrected chi connectivity index (χ1v) is 11.1. The highest BCUT2D eigenvalue weighted by Gasteiger charge is 2.40. The number of nitrogens with zero attached hydrogens (tertiary/aromatic N) is 2. The van der Waals surface area contributed by atoms with E-state index in [9.17, 15) is 9.59 Å². The maximum Gasteiger partial charge on any atom is 0.247 e. The minimum atomic E-state index is -0.570. The highest BCUT2D eigenvalue weighted by molar-refractivity contribution is 8.15. The molecule has 1 aliphatic rings. The van der Waals surface area contributed by atoms with Gasteiger partial charge in [0.05, 0.1) is 18.0 Å². The molecule has 3 rings (SSSR count). The van der Waals surface area contributed by atoms with Crippen LogP contribution in [0.3, 0.4) is 0 Å². The van der Waals surface area contributed by atoms with Crippen molar-refractivity contribution in [1.82, 2.24) is 0 Å². The van der Waals surface area contributed by atoms with Crippen molar-refractivity contribution in [3.05, 3.63) is 54.6 Å². The summed E-state index contributed by atoms with van der Waals surface area (Å²) in [7, 11) is 0. The molecule has 6 nitrogen and oxygen atoms in total. The third-order valence-corrected chi connectivity index (χ3v) is 5.71. The summed E-state index contributed by atoms with van der Waals surface area (Å²) >= 11 is 1.12. The second-order valence-corrected chi connectivity index (χ2v) is 8.29. The fourth-order valence-corrected chi connectivity index (χ4v) is 4.06. The second-order valence-electron chi connectivity index (χ2n) is 7.07. The van der Waals surface area contributed by atoms with Crippen molar-refractivity contribution < 1.29 is 14.3 Å². The molecule has 2 N–H and O–H groups in total. The number of benzene rings is 2. The Labute approximate surface area is 181 Å². The summed E-state index contributed by atoms with van der Waals surface area (Å²) < 4.78 is 5.73. The number of aliphatic imine (C=N–C) groups is 1. The van der Waals surface area contributed by atoms with Gasteiger partial charge in [-0.25, -0.2) is 9.89 Å². The lowest BCUT2D eigenvalue weighted by atomic mass is 10.2. The van der Waals surface area contributed by atoms with Crippen LogP contribution in [-0.2, 0) is 9.59 Å². The van der Waals surface area contributed by atoms with Crippen LogP contribution in [0.15, 0.2) is 59.6 Å². The summed E-state index contributed by atoms with van der Waals surface area (Å²) in [5.41, 5.74) is 7.24. The van der Waals surface area contributed by atoms with Crippen molar-refractivity contribution >= 4 is 40.1 Å². The molecule has 0 saturated carbocycles. The molecule has 1 atom stereocenters. The molecule has 0 aliphatic carbocycles. The van der Waals surface area contributed by atoms with Gasteiger partial charge in [0, 0.05) is 6.42 Å². The van der Waals surface area contributed by atoms with E-state index in [4.69, 9.17) is 10.5 Å². The molecule has 0 spiro atoms. The summed E-state index contributed by atoms with van der Waals surface area (Å²) in [6.45, 7) is 2.84. The molecule has 2 aromatic carbocycles. The molecule has 2 aromatic rings. The van der Waals surface area contributed by atoms with Crippen LogP contribution in [0.25, 0.3) is 0 Å². The Morgan fingerprint density at radius 2 is 1.83 bits per heavy atom. The molecule has 1 aliphatic heterocycles. The number of anilines is 1. The summed E-state index contributed by atoms with van der Waals surface area (Å²) in [5.74, 6) is 0.224. The molecular weight excluding hydrogens is 398 g/mol. The summed E-state index contributed by atoms with van der Waals surface area (Å²) in [4.78, 5) is 30.8. The molecule has 0 aromatic heterocycles. The number of unbranched alkanes of at least 4 members (excludes halogenated alkanes) is 3. The first-order valence-electron chi connectivity index (χ1n) is 10.2.